The number of rotatable bonds is 2. The van der Waals surface area contributed by atoms with E-state index in [1.165, 1.54) is 6.07 Å². The number of nitrogens with one attached hydrogen (secondary N) is 1. The Labute approximate surface area is 102 Å². The predicted octanol–water partition coefficient (Wildman–Crippen LogP) is 2.76. The van der Waals surface area contributed by atoms with Gasteiger partial charge in [0.15, 0.2) is 0 Å². The number of carbonyl (C=O) groups is 1. The van der Waals surface area contributed by atoms with E-state index in [2.05, 4.69) is 5.32 Å². The Bertz CT molecular complexity index is 471. The molecule has 1 aromatic carbocycles. The van der Waals surface area contributed by atoms with Crippen LogP contribution >= 0.6 is 0 Å². The Morgan fingerprint density at radius 1 is 1.44 bits per heavy atom. The Hall–Kier alpha value is -1.72. The van der Waals surface area contributed by atoms with Crippen LogP contribution in [0.3, 0.4) is 0 Å². The van der Waals surface area contributed by atoms with Gasteiger partial charge >= 0.3 is 12.1 Å². The molecule has 98 valence electrons. The average molecular weight is 259 g/mol. The van der Waals surface area contributed by atoms with Crippen LogP contribution in [0.15, 0.2) is 18.2 Å². The molecule has 0 saturated heterocycles. The van der Waals surface area contributed by atoms with Crippen molar-refractivity contribution in [3.63, 3.8) is 0 Å². The van der Waals surface area contributed by atoms with Gasteiger partial charge in [-0.1, -0.05) is 12.1 Å². The third-order valence-electron chi connectivity index (χ3n) is 3.00. The highest BCUT2D eigenvalue weighted by molar-refractivity contribution is 5.68. The first kappa shape index (κ1) is 12.7. The SMILES string of the molecule is O=C(O)CC1CNc2c(cccc2C(F)(F)F)C1. The maximum Gasteiger partial charge on any atom is 0.418 e. The smallest absolute Gasteiger partial charge is 0.418 e. The third kappa shape index (κ3) is 2.57. The molecule has 1 unspecified atom stereocenters. The van der Waals surface area contributed by atoms with Crippen molar-refractivity contribution >= 4 is 11.7 Å². The standard InChI is InChI=1S/C12H12F3NO2/c13-12(14,15)9-3-1-2-8-4-7(5-10(17)18)6-16-11(8)9/h1-3,7,16H,4-6H2,(H,17,18). The molecule has 0 fully saturated rings. The van der Waals surface area contributed by atoms with E-state index in [1.54, 1.807) is 6.07 Å². The molecule has 18 heavy (non-hydrogen) atoms. The Balaban J connectivity index is 2.27. The quantitative estimate of drug-likeness (QED) is 0.858. The van der Waals surface area contributed by atoms with Crippen molar-refractivity contribution in [2.45, 2.75) is 19.0 Å². The molecule has 1 aliphatic rings. The summed E-state index contributed by atoms with van der Waals surface area (Å²) in [5.74, 6) is -1.10. The fraction of sp³-hybridized carbons (Fsp3) is 0.417. The minimum absolute atomic E-state index is 0.0390. The molecule has 0 aromatic heterocycles. The van der Waals surface area contributed by atoms with Crippen molar-refractivity contribution in [1.29, 1.82) is 0 Å². The fourth-order valence-corrected chi connectivity index (χ4v) is 2.24. The topological polar surface area (TPSA) is 49.3 Å². The van der Waals surface area contributed by atoms with Crippen LogP contribution < -0.4 is 5.32 Å². The summed E-state index contributed by atoms with van der Waals surface area (Å²) in [5.41, 5.74) is -0.0669. The Kier molecular flexibility index (Phi) is 3.19. The van der Waals surface area contributed by atoms with Gasteiger partial charge in [-0.05, 0) is 24.0 Å². The second-order valence-corrected chi connectivity index (χ2v) is 4.39. The molecule has 1 heterocycles. The van der Waals surface area contributed by atoms with Crippen LogP contribution in [0.5, 0.6) is 0 Å². The monoisotopic (exact) mass is 259 g/mol. The maximum atomic E-state index is 12.7. The highest BCUT2D eigenvalue weighted by Crippen LogP contribution is 2.39. The lowest BCUT2D eigenvalue weighted by atomic mass is 9.90. The molecular formula is C12H12F3NO2. The lowest BCUT2D eigenvalue weighted by Gasteiger charge is -2.27. The van der Waals surface area contributed by atoms with Gasteiger partial charge in [-0.15, -0.1) is 0 Å². The number of hydrogen-bond donors (Lipinski definition) is 2. The third-order valence-corrected chi connectivity index (χ3v) is 3.00. The van der Waals surface area contributed by atoms with Crippen LogP contribution in [0.4, 0.5) is 18.9 Å². The van der Waals surface area contributed by atoms with Crippen LogP contribution in [0.1, 0.15) is 17.5 Å². The molecule has 6 heteroatoms. The molecule has 1 atom stereocenters. The number of alkyl halides is 3. The normalized spacial score (nSPS) is 18.9. The van der Waals surface area contributed by atoms with Crippen molar-refractivity contribution in [3.05, 3.63) is 29.3 Å². The number of halogens is 3. The Morgan fingerprint density at radius 2 is 2.17 bits per heavy atom. The van der Waals surface area contributed by atoms with Crippen LogP contribution in [-0.2, 0) is 17.4 Å². The number of fused-ring (bicyclic) bond motifs is 1. The van der Waals surface area contributed by atoms with Crippen LogP contribution in [0, 0.1) is 5.92 Å². The zero-order valence-corrected chi connectivity index (χ0v) is 9.42. The summed E-state index contributed by atoms with van der Waals surface area (Å²) in [7, 11) is 0. The van der Waals surface area contributed by atoms with Gasteiger partial charge < -0.3 is 10.4 Å². The molecule has 0 bridgehead atoms. The van der Waals surface area contributed by atoms with Gasteiger partial charge in [0.05, 0.1) is 12.0 Å². The summed E-state index contributed by atoms with van der Waals surface area (Å²) in [4.78, 5) is 10.6. The first-order chi connectivity index (χ1) is 8.38. The molecule has 0 aliphatic carbocycles. The summed E-state index contributed by atoms with van der Waals surface area (Å²) >= 11 is 0. The number of hydrogen-bond acceptors (Lipinski definition) is 2. The first-order valence-corrected chi connectivity index (χ1v) is 5.52. The van der Waals surface area contributed by atoms with Gasteiger partial charge in [0.1, 0.15) is 0 Å². The largest absolute Gasteiger partial charge is 0.481 e. The number of benzene rings is 1. The zero-order valence-electron chi connectivity index (χ0n) is 9.42. The molecule has 2 N–H and O–H groups in total. The lowest BCUT2D eigenvalue weighted by molar-refractivity contribution is -0.139. The van der Waals surface area contributed by atoms with Gasteiger partial charge in [-0.3, -0.25) is 4.79 Å². The van der Waals surface area contributed by atoms with Crippen molar-refractivity contribution in [3.8, 4) is 0 Å². The number of carboxylic acid groups (broad SMARTS) is 1. The van der Waals surface area contributed by atoms with Gasteiger partial charge in [0.25, 0.3) is 0 Å². The zero-order chi connectivity index (χ0) is 13.3. The van der Waals surface area contributed by atoms with Crippen molar-refractivity contribution < 1.29 is 23.1 Å². The molecule has 1 aromatic rings. The predicted molar refractivity (Wildman–Crippen MR) is 59.4 cm³/mol. The number of carboxylic acids is 1. The molecule has 0 radical (unpaired) electrons. The van der Waals surface area contributed by atoms with E-state index in [9.17, 15) is 18.0 Å². The number of aliphatic carboxylic acids is 1. The number of anilines is 1. The second-order valence-electron chi connectivity index (χ2n) is 4.39. The minimum atomic E-state index is -4.39. The van der Waals surface area contributed by atoms with Gasteiger partial charge in [-0.2, -0.15) is 13.2 Å². The Morgan fingerprint density at radius 3 is 2.78 bits per heavy atom. The molecule has 1 aliphatic heterocycles. The highest BCUT2D eigenvalue weighted by Gasteiger charge is 2.35. The second kappa shape index (κ2) is 4.51. The van der Waals surface area contributed by atoms with E-state index in [1.807, 2.05) is 0 Å². The molecule has 0 saturated carbocycles. The summed E-state index contributed by atoms with van der Waals surface area (Å²) in [5, 5.41) is 11.4. The summed E-state index contributed by atoms with van der Waals surface area (Å²) in [6.45, 7) is 0.256. The highest BCUT2D eigenvalue weighted by atomic mass is 19.4. The summed E-state index contributed by atoms with van der Waals surface area (Å²) in [6, 6.07) is 3.99. The van der Waals surface area contributed by atoms with E-state index in [0.29, 0.717) is 12.0 Å². The van der Waals surface area contributed by atoms with Crippen molar-refractivity contribution in [2.75, 3.05) is 11.9 Å². The van der Waals surface area contributed by atoms with Crippen molar-refractivity contribution in [2.24, 2.45) is 5.92 Å². The minimum Gasteiger partial charge on any atom is -0.481 e. The van der Waals surface area contributed by atoms with E-state index >= 15 is 0 Å². The van der Waals surface area contributed by atoms with Crippen LogP contribution in [0.2, 0.25) is 0 Å². The van der Waals surface area contributed by atoms with Crippen LogP contribution in [0.25, 0.3) is 0 Å². The van der Waals surface area contributed by atoms with Gasteiger partial charge in [0, 0.05) is 12.2 Å². The van der Waals surface area contributed by atoms with Crippen molar-refractivity contribution in [1.82, 2.24) is 0 Å². The molecule has 2 rings (SSSR count). The number of para-hydroxylation sites is 1. The fourth-order valence-electron chi connectivity index (χ4n) is 2.24. The lowest BCUT2D eigenvalue weighted by Crippen LogP contribution is -2.27. The van der Waals surface area contributed by atoms with E-state index in [-0.39, 0.29) is 24.6 Å². The average Bonchev–Trinajstić information content (AvgIpc) is 2.25. The first-order valence-electron chi connectivity index (χ1n) is 5.52. The van der Waals surface area contributed by atoms with E-state index in [0.717, 1.165) is 6.07 Å². The summed E-state index contributed by atoms with van der Waals surface area (Å²) in [6.07, 6.45) is -4.07. The van der Waals surface area contributed by atoms with Crippen LogP contribution in [-0.4, -0.2) is 17.6 Å². The van der Waals surface area contributed by atoms with E-state index in [4.69, 9.17) is 5.11 Å². The molecular weight excluding hydrogens is 247 g/mol. The molecule has 3 nitrogen and oxygen atoms in total. The maximum absolute atomic E-state index is 12.7. The summed E-state index contributed by atoms with van der Waals surface area (Å²) < 4.78 is 38.2. The molecule has 0 amide bonds. The van der Waals surface area contributed by atoms with E-state index < -0.39 is 17.7 Å². The molecule has 0 spiro atoms. The van der Waals surface area contributed by atoms with Gasteiger partial charge in [0.2, 0.25) is 0 Å². The van der Waals surface area contributed by atoms with Gasteiger partial charge in [-0.25, -0.2) is 0 Å².